The lowest BCUT2D eigenvalue weighted by molar-refractivity contribution is 0.0900. The van der Waals surface area contributed by atoms with E-state index in [1.54, 1.807) is 17.8 Å². The van der Waals surface area contributed by atoms with Crippen LogP contribution in [-0.2, 0) is 0 Å². The molecule has 0 heterocycles. The molecule has 0 saturated heterocycles. The molecule has 152 valence electrons. The number of rotatable bonds is 5. The number of hydrogen-bond acceptors (Lipinski definition) is 2. The maximum absolute atomic E-state index is 14.6. The van der Waals surface area contributed by atoms with Crippen LogP contribution in [0.1, 0.15) is 78.6 Å². The number of halogens is 2. The van der Waals surface area contributed by atoms with Crippen LogP contribution in [0, 0.1) is 23.1 Å². The van der Waals surface area contributed by atoms with Crippen LogP contribution in [0.15, 0.2) is 17.0 Å². The van der Waals surface area contributed by atoms with E-state index in [-0.39, 0.29) is 11.2 Å². The first-order valence-electron chi connectivity index (χ1n) is 10.6. The average Bonchev–Trinajstić information content (AvgIpc) is 3.08. The van der Waals surface area contributed by atoms with Gasteiger partial charge in [-0.15, -0.1) is 11.8 Å². The standard InChI is InChI=1S/C23H34ClFOS/c1-16-7-6-8-17(2)14-23(3,13-16)15-26-21-12-20(25)22(11-19(21)24)27-18-9-4-5-10-18/h11-12,16-18H,4-10,13-15H2,1-3H3/t16-,17+,23?. The van der Waals surface area contributed by atoms with E-state index in [4.69, 9.17) is 16.3 Å². The van der Waals surface area contributed by atoms with E-state index >= 15 is 0 Å². The van der Waals surface area contributed by atoms with Crippen LogP contribution in [0.5, 0.6) is 5.75 Å². The number of benzene rings is 1. The van der Waals surface area contributed by atoms with Gasteiger partial charge in [0.2, 0.25) is 0 Å². The van der Waals surface area contributed by atoms with Crippen molar-refractivity contribution in [3.05, 3.63) is 23.0 Å². The predicted octanol–water partition coefficient (Wildman–Crippen LogP) is 8.14. The predicted molar refractivity (Wildman–Crippen MR) is 115 cm³/mol. The molecule has 4 heteroatoms. The van der Waals surface area contributed by atoms with Crippen molar-refractivity contribution in [1.82, 2.24) is 0 Å². The lowest BCUT2D eigenvalue weighted by Gasteiger charge is -2.36. The van der Waals surface area contributed by atoms with Crippen molar-refractivity contribution in [2.45, 2.75) is 88.7 Å². The summed E-state index contributed by atoms with van der Waals surface area (Å²) in [6.45, 7) is 7.61. The highest BCUT2D eigenvalue weighted by molar-refractivity contribution is 8.00. The molecule has 2 saturated carbocycles. The minimum atomic E-state index is -0.198. The zero-order valence-electron chi connectivity index (χ0n) is 17.0. The summed E-state index contributed by atoms with van der Waals surface area (Å²) < 4.78 is 20.7. The van der Waals surface area contributed by atoms with E-state index in [2.05, 4.69) is 20.8 Å². The molecule has 3 rings (SSSR count). The summed E-state index contributed by atoms with van der Waals surface area (Å²) in [5.74, 6) is 1.72. The van der Waals surface area contributed by atoms with Crippen molar-refractivity contribution in [2.75, 3.05) is 6.61 Å². The second-order valence-corrected chi connectivity index (χ2v) is 11.1. The normalized spacial score (nSPS) is 30.1. The molecular weight excluding hydrogens is 379 g/mol. The van der Waals surface area contributed by atoms with Crippen molar-refractivity contribution in [3.8, 4) is 5.75 Å². The summed E-state index contributed by atoms with van der Waals surface area (Å²) >= 11 is 8.10. The summed E-state index contributed by atoms with van der Waals surface area (Å²) in [5.41, 5.74) is 0.121. The monoisotopic (exact) mass is 412 g/mol. The molecule has 3 atom stereocenters. The van der Waals surface area contributed by atoms with Crippen LogP contribution >= 0.6 is 23.4 Å². The first-order valence-corrected chi connectivity index (χ1v) is 11.9. The van der Waals surface area contributed by atoms with Crippen LogP contribution in [0.25, 0.3) is 0 Å². The van der Waals surface area contributed by atoms with Crippen molar-refractivity contribution in [1.29, 1.82) is 0 Å². The smallest absolute Gasteiger partial charge is 0.140 e. The number of ether oxygens (including phenoxy) is 1. The van der Waals surface area contributed by atoms with E-state index in [0.717, 1.165) is 12.8 Å². The fraction of sp³-hybridized carbons (Fsp3) is 0.739. The fourth-order valence-corrected chi connectivity index (χ4v) is 6.62. The molecule has 0 bridgehead atoms. The highest BCUT2D eigenvalue weighted by atomic mass is 35.5. The molecule has 1 nitrogen and oxygen atoms in total. The van der Waals surface area contributed by atoms with E-state index < -0.39 is 0 Å². The zero-order chi connectivity index (χ0) is 19.4. The highest BCUT2D eigenvalue weighted by Crippen LogP contribution is 2.42. The summed E-state index contributed by atoms with van der Waals surface area (Å²) in [7, 11) is 0. The molecule has 0 aliphatic heterocycles. The molecule has 1 unspecified atom stereocenters. The van der Waals surface area contributed by atoms with Gasteiger partial charge in [0.15, 0.2) is 0 Å². The van der Waals surface area contributed by atoms with Crippen molar-refractivity contribution in [3.63, 3.8) is 0 Å². The zero-order valence-corrected chi connectivity index (χ0v) is 18.6. The third-order valence-electron chi connectivity index (χ3n) is 6.23. The van der Waals surface area contributed by atoms with Gasteiger partial charge in [-0.3, -0.25) is 0 Å². The molecule has 0 N–H and O–H groups in total. The Morgan fingerprint density at radius 3 is 2.33 bits per heavy atom. The summed E-state index contributed by atoms with van der Waals surface area (Å²) in [6.07, 6.45) is 11.1. The molecule has 2 aliphatic rings. The van der Waals surface area contributed by atoms with Crippen LogP contribution in [-0.4, -0.2) is 11.9 Å². The van der Waals surface area contributed by atoms with Gasteiger partial charge in [-0.2, -0.15) is 0 Å². The third kappa shape index (κ3) is 6.03. The summed E-state index contributed by atoms with van der Waals surface area (Å²) in [6, 6.07) is 3.26. The Kier molecular flexibility index (Phi) is 7.41. The van der Waals surface area contributed by atoms with Crippen LogP contribution in [0.2, 0.25) is 5.02 Å². The molecule has 2 aliphatic carbocycles. The maximum atomic E-state index is 14.6. The van der Waals surface area contributed by atoms with E-state index in [0.29, 0.717) is 39.4 Å². The minimum Gasteiger partial charge on any atom is -0.491 e. The molecule has 2 fully saturated rings. The minimum absolute atomic E-state index is 0.121. The lowest BCUT2D eigenvalue weighted by atomic mass is 9.71. The SMILES string of the molecule is C[C@@H]1CCC[C@H](C)CC(C)(COc2cc(F)c(SC3CCCC3)cc2Cl)C1. The van der Waals surface area contributed by atoms with Gasteiger partial charge >= 0.3 is 0 Å². The Balaban J connectivity index is 1.66. The number of thioether (sulfide) groups is 1. The second-order valence-electron chi connectivity index (χ2n) is 9.39. The average molecular weight is 413 g/mol. The Morgan fingerprint density at radius 1 is 1.07 bits per heavy atom. The van der Waals surface area contributed by atoms with E-state index in [1.165, 1.54) is 51.0 Å². The van der Waals surface area contributed by atoms with Crippen molar-refractivity contribution < 1.29 is 9.13 Å². The van der Waals surface area contributed by atoms with Crippen LogP contribution in [0.4, 0.5) is 4.39 Å². The van der Waals surface area contributed by atoms with Gasteiger partial charge in [0, 0.05) is 21.6 Å². The summed E-state index contributed by atoms with van der Waals surface area (Å²) in [5, 5.41) is 1.06. The van der Waals surface area contributed by atoms with Gasteiger partial charge in [-0.1, -0.05) is 64.5 Å². The third-order valence-corrected chi connectivity index (χ3v) is 7.90. The van der Waals surface area contributed by atoms with Gasteiger partial charge in [0.05, 0.1) is 11.6 Å². The molecular formula is C23H34ClFOS. The van der Waals surface area contributed by atoms with Gasteiger partial charge in [0.1, 0.15) is 11.6 Å². The maximum Gasteiger partial charge on any atom is 0.140 e. The molecule has 1 aromatic rings. The molecule has 1 aromatic carbocycles. The second kappa shape index (κ2) is 9.39. The lowest BCUT2D eigenvalue weighted by Crippen LogP contribution is -2.31. The fourth-order valence-electron chi connectivity index (χ4n) is 5.05. The molecule has 0 amide bonds. The van der Waals surface area contributed by atoms with Gasteiger partial charge in [-0.25, -0.2) is 4.39 Å². The molecule has 0 aromatic heterocycles. The Bertz CT molecular complexity index is 617. The van der Waals surface area contributed by atoms with Gasteiger partial charge in [-0.05, 0) is 43.6 Å². The Labute approximate surface area is 173 Å². The van der Waals surface area contributed by atoms with Crippen molar-refractivity contribution >= 4 is 23.4 Å². The van der Waals surface area contributed by atoms with Crippen LogP contribution < -0.4 is 4.74 Å². The first-order chi connectivity index (χ1) is 12.8. The molecule has 27 heavy (non-hydrogen) atoms. The van der Waals surface area contributed by atoms with Gasteiger partial charge < -0.3 is 4.74 Å². The van der Waals surface area contributed by atoms with E-state index in [9.17, 15) is 4.39 Å². The van der Waals surface area contributed by atoms with Gasteiger partial charge in [0.25, 0.3) is 0 Å². The molecule has 0 spiro atoms. The van der Waals surface area contributed by atoms with E-state index in [1.807, 2.05) is 0 Å². The summed E-state index contributed by atoms with van der Waals surface area (Å²) in [4.78, 5) is 0.665. The number of hydrogen-bond donors (Lipinski definition) is 0. The quantitative estimate of drug-likeness (QED) is 0.482. The topological polar surface area (TPSA) is 9.23 Å². The highest BCUT2D eigenvalue weighted by Gasteiger charge is 2.31. The van der Waals surface area contributed by atoms with Crippen molar-refractivity contribution in [2.24, 2.45) is 17.3 Å². The Morgan fingerprint density at radius 2 is 1.70 bits per heavy atom. The molecule has 0 radical (unpaired) electrons. The largest absolute Gasteiger partial charge is 0.491 e. The van der Waals surface area contributed by atoms with Crippen LogP contribution in [0.3, 0.4) is 0 Å². The first kappa shape index (κ1) is 21.3. The Hall–Kier alpha value is -0.410.